The molecule has 9 heteroatoms. The van der Waals surface area contributed by atoms with E-state index in [0.29, 0.717) is 25.7 Å². The van der Waals surface area contributed by atoms with Crippen LogP contribution in [0.25, 0.3) is 0 Å². The summed E-state index contributed by atoms with van der Waals surface area (Å²) < 4.78 is 54.6. The van der Waals surface area contributed by atoms with Crippen molar-refractivity contribution in [3.05, 3.63) is 29.6 Å². The summed E-state index contributed by atoms with van der Waals surface area (Å²) in [6.45, 7) is 2.33. The van der Waals surface area contributed by atoms with Crippen molar-refractivity contribution in [1.29, 1.82) is 0 Å². The number of piperidine rings is 1. The first kappa shape index (κ1) is 23.3. The maximum absolute atomic E-state index is 14.1. The van der Waals surface area contributed by atoms with Gasteiger partial charge < -0.3 is 24.4 Å². The Morgan fingerprint density at radius 3 is 2.69 bits per heavy atom. The van der Waals surface area contributed by atoms with Crippen LogP contribution in [0.3, 0.4) is 0 Å². The summed E-state index contributed by atoms with van der Waals surface area (Å²) >= 11 is 0. The minimum absolute atomic E-state index is 0.0135. The van der Waals surface area contributed by atoms with Gasteiger partial charge in [-0.05, 0) is 38.3 Å². The molecule has 1 aromatic carbocycles. The van der Waals surface area contributed by atoms with Crippen molar-refractivity contribution in [2.24, 2.45) is 4.99 Å². The minimum atomic E-state index is -3.02. The van der Waals surface area contributed by atoms with E-state index in [0.717, 1.165) is 32.4 Å². The van der Waals surface area contributed by atoms with Gasteiger partial charge in [0.25, 0.3) is 0 Å². The Kier molecular flexibility index (Phi) is 10.1. The number of halogens is 3. The largest absolute Gasteiger partial charge is 0.434 e. The molecule has 0 atom stereocenters. The fourth-order valence-corrected chi connectivity index (χ4v) is 3.17. The second-order valence-corrected chi connectivity index (χ2v) is 6.67. The molecule has 0 spiro atoms. The predicted molar refractivity (Wildman–Crippen MR) is 105 cm³/mol. The molecule has 1 heterocycles. The molecule has 164 valence electrons. The van der Waals surface area contributed by atoms with Gasteiger partial charge in [-0.2, -0.15) is 8.78 Å². The summed E-state index contributed by atoms with van der Waals surface area (Å²) in [6, 6.07) is 3.87. The van der Waals surface area contributed by atoms with E-state index in [4.69, 9.17) is 9.47 Å². The summed E-state index contributed by atoms with van der Waals surface area (Å²) in [5.41, 5.74) is 0.0135. The van der Waals surface area contributed by atoms with Crippen LogP contribution >= 0.6 is 0 Å². The highest BCUT2D eigenvalue weighted by molar-refractivity contribution is 5.80. The molecule has 1 aromatic rings. The molecule has 1 aliphatic rings. The van der Waals surface area contributed by atoms with Gasteiger partial charge in [0.05, 0.1) is 18.2 Å². The van der Waals surface area contributed by atoms with Crippen LogP contribution in [0.4, 0.5) is 13.2 Å². The van der Waals surface area contributed by atoms with E-state index in [1.54, 1.807) is 7.11 Å². The van der Waals surface area contributed by atoms with Crippen LogP contribution < -0.4 is 10.1 Å². The van der Waals surface area contributed by atoms with E-state index >= 15 is 0 Å². The Hall–Kier alpha value is -2.00. The van der Waals surface area contributed by atoms with Crippen molar-refractivity contribution < 1.29 is 27.4 Å². The van der Waals surface area contributed by atoms with Gasteiger partial charge in [-0.15, -0.1) is 0 Å². The molecule has 0 amide bonds. The Balaban J connectivity index is 1.97. The van der Waals surface area contributed by atoms with Crippen molar-refractivity contribution in [3.63, 3.8) is 0 Å². The number of hydrogen-bond acceptors (Lipinski definition) is 4. The lowest BCUT2D eigenvalue weighted by atomic mass is 10.1. The zero-order valence-corrected chi connectivity index (χ0v) is 17.0. The number of aliphatic imine (C=N–C) groups is 1. The Morgan fingerprint density at radius 1 is 1.28 bits per heavy atom. The lowest BCUT2D eigenvalue weighted by Crippen LogP contribution is -2.47. The number of benzene rings is 1. The molecule has 1 aliphatic heterocycles. The Morgan fingerprint density at radius 2 is 2.03 bits per heavy atom. The molecule has 1 fully saturated rings. The maximum atomic E-state index is 14.1. The normalized spacial score (nSPS) is 15.8. The zero-order chi connectivity index (χ0) is 21.1. The third-order valence-corrected chi connectivity index (χ3v) is 4.60. The lowest BCUT2D eigenvalue weighted by molar-refractivity contribution is -0.0506. The van der Waals surface area contributed by atoms with Crippen LogP contribution in [0.1, 0.15) is 31.7 Å². The highest BCUT2D eigenvalue weighted by atomic mass is 19.3. The Labute approximate surface area is 170 Å². The molecule has 29 heavy (non-hydrogen) atoms. The average Bonchev–Trinajstić information content (AvgIpc) is 2.70. The monoisotopic (exact) mass is 417 g/mol. The van der Waals surface area contributed by atoms with E-state index in [2.05, 4.69) is 19.9 Å². The van der Waals surface area contributed by atoms with E-state index in [-0.39, 0.29) is 24.0 Å². The maximum Gasteiger partial charge on any atom is 0.387 e. The number of alkyl halides is 2. The SMILES string of the molecule is CCNC(=NCc1c(F)cccc1OC(F)F)N1CCC(OCCCOC)CC1. The fraction of sp³-hybridized carbons (Fsp3) is 0.650. The van der Waals surface area contributed by atoms with Crippen LogP contribution in [0, 0.1) is 5.82 Å². The fourth-order valence-electron chi connectivity index (χ4n) is 3.17. The summed E-state index contributed by atoms with van der Waals surface area (Å²) in [6.07, 6.45) is 2.78. The summed E-state index contributed by atoms with van der Waals surface area (Å²) in [5, 5.41) is 3.18. The number of rotatable bonds is 10. The van der Waals surface area contributed by atoms with Crippen molar-refractivity contribution in [2.75, 3.05) is 40.0 Å². The first-order valence-corrected chi connectivity index (χ1v) is 9.91. The number of ether oxygens (including phenoxy) is 3. The predicted octanol–water partition coefficient (Wildman–Crippen LogP) is 3.41. The van der Waals surface area contributed by atoms with Gasteiger partial charge in [-0.3, -0.25) is 0 Å². The van der Waals surface area contributed by atoms with Gasteiger partial charge in [0.1, 0.15) is 11.6 Å². The third kappa shape index (κ3) is 7.74. The van der Waals surface area contributed by atoms with Gasteiger partial charge in [-0.1, -0.05) is 6.07 Å². The summed E-state index contributed by atoms with van der Waals surface area (Å²) in [4.78, 5) is 6.53. The second-order valence-electron chi connectivity index (χ2n) is 6.67. The van der Waals surface area contributed by atoms with Crippen molar-refractivity contribution in [3.8, 4) is 5.75 Å². The van der Waals surface area contributed by atoms with E-state index in [9.17, 15) is 13.2 Å². The topological polar surface area (TPSA) is 55.3 Å². The molecule has 0 aromatic heterocycles. The van der Waals surface area contributed by atoms with Crippen molar-refractivity contribution in [2.45, 2.75) is 45.4 Å². The van der Waals surface area contributed by atoms with Gasteiger partial charge >= 0.3 is 6.61 Å². The number of guanidine groups is 1. The van der Waals surface area contributed by atoms with E-state index in [1.807, 2.05) is 6.92 Å². The average molecular weight is 417 g/mol. The Bertz CT molecular complexity index is 639. The first-order valence-electron chi connectivity index (χ1n) is 9.91. The molecule has 0 unspecified atom stereocenters. The van der Waals surface area contributed by atoms with E-state index < -0.39 is 12.4 Å². The zero-order valence-electron chi connectivity index (χ0n) is 17.0. The van der Waals surface area contributed by atoms with Gasteiger partial charge in [0.2, 0.25) is 0 Å². The van der Waals surface area contributed by atoms with E-state index in [1.165, 1.54) is 18.2 Å². The standard InChI is InChI=1S/C20H30F3N3O3/c1-3-24-20(26-10-8-15(9-11-26)28-13-5-12-27-2)25-14-16-17(21)6-4-7-18(16)29-19(22)23/h4,6-7,15,19H,3,5,8-14H2,1-2H3,(H,24,25). The van der Waals surface area contributed by atoms with Crippen LogP contribution in [0.2, 0.25) is 0 Å². The number of likely N-dealkylation sites (tertiary alicyclic amines) is 1. The van der Waals surface area contributed by atoms with Gasteiger partial charge in [0, 0.05) is 40.0 Å². The molecule has 0 saturated carbocycles. The van der Waals surface area contributed by atoms with Crippen LogP contribution in [-0.4, -0.2) is 63.5 Å². The second kappa shape index (κ2) is 12.5. The molecule has 0 aliphatic carbocycles. The van der Waals surface area contributed by atoms with Crippen molar-refractivity contribution >= 4 is 5.96 Å². The highest BCUT2D eigenvalue weighted by Crippen LogP contribution is 2.24. The van der Waals surface area contributed by atoms with Crippen LogP contribution in [0.15, 0.2) is 23.2 Å². The molecular formula is C20H30F3N3O3. The van der Waals surface area contributed by atoms with Crippen LogP contribution in [0.5, 0.6) is 5.75 Å². The molecule has 0 radical (unpaired) electrons. The van der Waals surface area contributed by atoms with Gasteiger partial charge in [-0.25, -0.2) is 9.38 Å². The lowest BCUT2D eigenvalue weighted by Gasteiger charge is -2.34. The quantitative estimate of drug-likeness (QED) is 0.359. The number of hydrogen-bond donors (Lipinski definition) is 1. The first-order chi connectivity index (χ1) is 14.0. The number of nitrogens with one attached hydrogen (secondary N) is 1. The smallest absolute Gasteiger partial charge is 0.387 e. The molecule has 2 rings (SSSR count). The number of nitrogens with zero attached hydrogens (tertiary/aromatic N) is 2. The molecule has 1 N–H and O–H groups in total. The van der Waals surface area contributed by atoms with Crippen molar-refractivity contribution in [1.82, 2.24) is 10.2 Å². The third-order valence-electron chi connectivity index (χ3n) is 4.60. The molecular weight excluding hydrogens is 387 g/mol. The minimum Gasteiger partial charge on any atom is -0.434 e. The molecule has 6 nitrogen and oxygen atoms in total. The molecule has 0 bridgehead atoms. The van der Waals surface area contributed by atoms with Crippen LogP contribution in [-0.2, 0) is 16.0 Å². The molecule has 1 saturated heterocycles. The number of methoxy groups -OCH3 is 1. The summed E-state index contributed by atoms with van der Waals surface area (Å²) in [5.74, 6) is -0.190. The highest BCUT2D eigenvalue weighted by Gasteiger charge is 2.22. The summed E-state index contributed by atoms with van der Waals surface area (Å²) in [7, 11) is 1.67. The van der Waals surface area contributed by atoms with Gasteiger partial charge in [0.15, 0.2) is 5.96 Å².